The Labute approximate surface area is 103 Å². The van der Waals surface area contributed by atoms with Crippen LogP contribution < -0.4 is 4.90 Å². The number of hydrogen-bond donors (Lipinski definition) is 1. The first-order valence-electron chi connectivity index (χ1n) is 5.51. The van der Waals surface area contributed by atoms with Crippen LogP contribution in [0, 0.1) is 0 Å². The lowest BCUT2D eigenvalue weighted by atomic mass is 10.3. The molecule has 1 N–H and O–H groups in total. The van der Waals surface area contributed by atoms with Crippen molar-refractivity contribution in [3.8, 4) is 10.7 Å². The second-order valence-corrected chi connectivity index (χ2v) is 4.95. The summed E-state index contributed by atoms with van der Waals surface area (Å²) in [6, 6.07) is 5.73. The van der Waals surface area contributed by atoms with Crippen LogP contribution in [0.1, 0.15) is 6.42 Å². The molecule has 0 amide bonds. The lowest BCUT2D eigenvalue weighted by Crippen LogP contribution is -2.20. The van der Waals surface area contributed by atoms with Gasteiger partial charge in [-0.05, 0) is 18.6 Å². The van der Waals surface area contributed by atoms with E-state index in [1.54, 1.807) is 6.20 Å². The molecule has 1 aliphatic heterocycles. The Kier molecular flexibility index (Phi) is 2.74. The molecule has 0 unspecified atom stereocenters. The maximum atomic E-state index is 9.49. The molecule has 5 nitrogen and oxygen atoms in total. The summed E-state index contributed by atoms with van der Waals surface area (Å²) in [5.74, 6) is 0. The van der Waals surface area contributed by atoms with Gasteiger partial charge in [-0.3, -0.25) is 4.98 Å². The van der Waals surface area contributed by atoms with Crippen LogP contribution in [-0.4, -0.2) is 39.5 Å². The third kappa shape index (κ3) is 2.13. The minimum atomic E-state index is -0.239. The van der Waals surface area contributed by atoms with Crippen LogP contribution in [0.3, 0.4) is 0 Å². The SMILES string of the molecule is O[C@H]1CCN(c2nnc(-c3ccccn3)s2)C1. The monoisotopic (exact) mass is 248 g/mol. The van der Waals surface area contributed by atoms with Crippen molar-refractivity contribution in [2.45, 2.75) is 12.5 Å². The number of anilines is 1. The lowest BCUT2D eigenvalue weighted by molar-refractivity contribution is 0.198. The molecule has 1 fully saturated rings. The van der Waals surface area contributed by atoms with Gasteiger partial charge in [-0.25, -0.2) is 0 Å². The van der Waals surface area contributed by atoms with Gasteiger partial charge in [-0.1, -0.05) is 17.4 Å². The van der Waals surface area contributed by atoms with Crippen LogP contribution in [0.25, 0.3) is 10.7 Å². The van der Waals surface area contributed by atoms with E-state index in [0.29, 0.717) is 6.54 Å². The number of aliphatic hydroxyl groups excluding tert-OH is 1. The predicted octanol–water partition coefficient (Wildman–Crippen LogP) is 1.17. The van der Waals surface area contributed by atoms with Crippen LogP contribution in [0.15, 0.2) is 24.4 Å². The minimum absolute atomic E-state index is 0.239. The first kappa shape index (κ1) is 10.6. The molecule has 0 bridgehead atoms. The maximum Gasteiger partial charge on any atom is 0.208 e. The van der Waals surface area contributed by atoms with E-state index >= 15 is 0 Å². The highest BCUT2D eigenvalue weighted by atomic mass is 32.1. The number of aromatic nitrogens is 3. The van der Waals surface area contributed by atoms with Crippen LogP contribution >= 0.6 is 11.3 Å². The fraction of sp³-hybridized carbons (Fsp3) is 0.364. The van der Waals surface area contributed by atoms with Gasteiger partial charge in [0.15, 0.2) is 5.01 Å². The van der Waals surface area contributed by atoms with Crippen molar-refractivity contribution in [3.63, 3.8) is 0 Å². The Hall–Kier alpha value is -1.53. The van der Waals surface area contributed by atoms with Crippen molar-refractivity contribution in [1.82, 2.24) is 15.2 Å². The Bertz CT molecular complexity index is 501. The summed E-state index contributed by atoms with van der Waals surface area (Å²) in [6.45, 7) is 1.49. The van der Waals surface area contributed by atoms with Crippen molar-refractivity contribution in [2.24, 2.45) is 0 Å². The Morgan fingerprint density at radius 2 is 2.29 bits per heavy atom. The summed E-state index contributed by atoms with van der Waals surface area (Å²) in [7, 11) is 0. The highest BCUT2D eigenvalue weighted by Crippen LogP contribution is 2.29. The lowest BCUT2D eigenvalue weighted by Gasteiger charge is -2.11. The molecule has 1 atom stereocenters. The van der Waals surface area contributed by atoms with Crippen LogP contribution in [-0.2, 0) is 0 Å². The van der Waals surface area contributed by atoms with Gasteiger partial charge in [-0.15, -0.1) is 10.2 Å². The van der Waals surface area contributed by atoms with E-state index in [9.17, 15) is 5.11 Å². The fourth-order valence-electron chi connectivity index (χ4n) is 1.85. The predicted molar refractivity (Wildman–Crippen MR) is 66.0 cm³/mol. The Balaban J connectivity index is 1.84. The van der Waals surface area contributed by atoms with Crippen LogP contribution in [0.2, 0.25) is 0 Å². The summed E-state index contributed by atoms with van der Waals surface area (Å²) in [5, 5.41) is 19.5. The Morgan fingerprint density at radius 1 is 1.35 bits per heavy atom. The van der Waals surface area contributed by atoms with E-state index in [-0.39, 0.29) is 6.10 Å². The van der Waals surface area contributed by atoms with Gasteiger partial charge in [0.05, 0.1) is 6.10 Å². The van der Waals surface area contributed by atoms with Crippen molar-refractivity contribution in [3.05, 3.63) is 24.4 Å². The average Bonchev–Trinajstić information content (AvgIpc) is 2.98. The first-order valence-corrected chi connectivity index (χ1v) is 6.32. The number of pyridine rings is 1. The molecule has 0 spiro atoms. The highest BCUT2D eigenvalue weighted by Gasteiger charge is 2.23. The second-order valence-electron chi connectivity index (χ2n) is 3.99. The molecule has 1 saturated heterocycles. The molecule has 0 aliphatic carbocycles. The van der Waals surface area contributed by atoms with Gasteiger partial charge in [0, 0.05) is 19.3 Å². The van der Waals surface area contributed by atoms with E-state index in [2.05, 4.69) is 20.1 Å². The molecular weight excluding hydrogens is 236 g/mol. The maximum absolute atomic E-state index is 9.49. The molecule has 2 aromatic rings. The van der Waals surface area contributed by atoms with Gasteiger partial charge in [0.1, 0.15) is 5.69 Å². The summed E-state index contributed by atoms with van der Waals surface area (Å²) in [6.07, 6.45) is 2.31. The molecule has 17 heavy (non-hydrogen) atoms. The number of rotatable bonds is 2. The van der Waals surface area contributed by atoms with Crippen molar-refractivity contribution in [1.29, 1.82) is 0 Å². The molecule has 3 heterocycles. The zero-order valence-electron chi connectivity index (χ0n) is 9.15. The van der Waals surface area contributed by atoms with Crippen LogP contribution in [0.5, 0.6) is 0 Å². The van der Waals surface area contributed by atoms with E-state index in [1.807, 2.05) is 18.2 Å². The molecule has 0 saturated carbocycles. The van der Waals surface area contributed by atoms with Gasteiger partial charge in [0.25, 0.3) is 0 Å². The normalized spacial score (nSPS) is 19.8. The first-order chi connectivity index (χ1) is 8.33. The van der Waals surface area contributed by atoms with Crippen molar-refractivity contribution < 1.29 is 5.11 Å². The second kappa shape index (κ2) is 4.38. The quantitative estimate of drug-likeness (QED) is 0.864. The molecular formula is C11H12N4OS. The standard InChI is InChI=1S/C11H12N4OS/c16-8-4-6-15(7-8)11-14-13-10(17-11)9-3-1-2-5-12-9/h1-3,5,8,16H,4,6-7H2/t8-/m0/s1. The number of nitrogens with zero attached hydrogens (tertiary/aromatic N) is 4. The third-order valence-corrected chi connectivity index (χ3v) is 3.74. The molecule has 0 radical (unpaired) electrons. The number of β-amino-alcohol motifs (C(OH)–C–C–N with tert-alkyl or cyclic N) is 1. The highest BCUT2D eigenvalue weighted by molar-refractivity contribution is 7.18. The van der Waals surface area contributed by atoms with Gasteiger partial charge >= 0.3 is 0 Å². The molecule has 6 heteroatoms. The van der Waals surface area contributed by atoms with Gasteiger partial charge < -0.3 is 10.0 Å². The molecule has 88 valence electrons. The number of aliphatic hydroxyl groups is 1. The molecule has 3 rings (SSSR count). The fourth-order valence-corrected chi connectivity index (χ4v) is 2.71. The van der Waals surface area contributed by atoms with Crippen LogP contribution in [0.4, 0.5) is 5.13 Å². The Morgan fingerprint density at radius 3 is 3.00 bits per heavy atom. The van der Waals surface area contributed by atoms with E-state index in [0.717, 1.165) is 28.8 Å². The topological polar surface area (TPSA) is 62.1 Å². The minimum Gasteiger partial charge on any atom is -0.391 e. The van der Waals surface area contributed by atoms with Gasteiger partial charge in [0.2, 0.25) is 5.13 Å². The average molecular weight is 248 g/mol. The van der Waals surface area contributed by atoms with Crippen molar-refractivity contribution in [2.75, 3.05) is 18.0 Å². The zero-order valence-corrected chi connectivity index (χ0v) is 9.97. The summed E-state index contributed by atoms with van der Waals surface area (Å²) >= 11 is 1.52. The summed E-state index contributed by atoms with van der Waals surface area (Å²) in [5.41, 5.74) is 0.844. The van der Waals surface area contributed by atoms with E-state index in [4.69, 9.17) is 0 Å². The van der Waals surface area contributed by atoms with E-state index < -0.39 is 0 Å². The van der Waals surface area contributed by atoms with Gasteiger partial charge in [-0.2, -0.15) is 0 Å². The molecule has 0 aromatic carbocycles. The van der Waals surface area contributed by atoms with Crippen molar-refractivity contribution >= 4 is 16.5 Å². The molecule has 1 aliphatic rings. The largest absolute Gasteiger partial charge is 0.391 e. The zero-order chi connectivity index (χ0) is 11.7. The summed E-state index contributed by atoms with van der Waals surface area (Å²) < 4.78 is 0. The smallest absolute Gasteiger partial charge is 0.208 e. The number of hydrogen-bond acceptors (Lipinski definition) is 6. The molecule has 2 aromatic heterocycles. The summed E-state index contributed by atoms with van der Waals surface area (Å²) in [4.78, 5) is 6.31. The van der Waals surface area contributed by atoms with E-state index in [1.165, 1.54) is 11.3 Å². The third-order valence-electron chi connectivity index (χ3n) is 2.73.